The Bertz CT molecular complexity index is 579. The molecule has 0 saturated carbocycles. The van der Waals surface area contributed by atoms with E-state index in [4.69, 9.17) is 9.47 Å². The second-order valence-electron chi connectivity index (χ2n) is 6.08. The van der Waals surface area contributed by atoms with Crippen LogP contribution >= 0.6 is 0 Å². The third-order valence-corrected chi connectivity index (χ3v) is 3.04. The highest BCUT2D eigenvalue weighted by Gasteiger charge is 2.21. The number of likely N-dealkylation sites (N-methyl/N-ethyl adjacent to an activating group) is 1. The molecule has 0 aliphatic heterocycles. The lowest BCUT2D eigenvalue weighted by atomic mass is 10.2. The van der Waals surface area contributed by atoms with Crippen molar-refractivity contribution < 1.29 is 28.9 Å². The van der Waals surface area contributed by atoms with E-state index in [1.165, 1.54) is 30.2 Å². The van der Waals surface area contributed by atoms with E-state index in [0.717, 1.165) is 0 Å². The molecule has 7 heteroatoms. The minimum absolute atomic E-state index is 0.0227. The number of methoxy groups -OCH3 is 1. The quantitative estimate of drug-likeness (QED) is 0.802. The third-order valence-electron chi connectivity index (χ3n) is 3.04. The first kappa shape index (κ1) is 19.6. The predicted octanol–water partition coefficient (Wildman–Crippen LogP) is 2.81. The summed E-state index contributed by atoms with van der Waals surface area (Å²) in [5.41, 5.74) is -0.535. The van der Waals surface area contributed by atoms with Crippen molar-refractivity contribution in [2.45, 2.75) is 33.3 Å². The molecule has 0 aliphatic carbocycles. The summed E-state index contributed by atoms with van der Waals surface area (Å²) in [7, 11) is 1.23. The topological polar surface area (TPSA) is 85.3 Å². The molecule has 0 unspecified atom stereocenters. The van der Waals surface area contributed by atoms with Gasteiger partial charge in [-0.05, 0) is 45.9 Å². The summed E-state index contributed by atoms with van der Waals surface area (Å²) >= 11 is 0. The molecule has 0 spiro atoms. The van der Waals surface area contributed by atoms with Crippen molar-refractivity contribution in [1.82, 2.24) is 4.90 Å². The van der Waals surface area contributed by atoms with E-state index in [1.54, 1.807) is 20.8 Å². The fraction of sp³-hybridized carbons (Fsp3) is 0.529. The Hall–Kier alpha value is -2.44. The van der Waals surface area contributed by atoms with Gasteiger partial charge >= 0.3 is 12.1 Å². The highest BCUT2D eigenvalue weighted by molar-refractivity contribution is 5.92. The normalized spacial score (nSPS) is 10.9. The van der Waals surface area contributed by atoms with Gasteiger partial charge in [-0.3, -0.25) is 0 Å². The van der Waals surface area contributed by atoms with Gasteiger partial charge in [0.1, 0.15) is 29.3 Å². The van der Waals surface area contributed by atoms with Crippen LogP contribution < -0.4 is 4.74 Å². The van der Waals surface area contributed by atoms with Crippen molar-refractivity contribution >= 4 is 12.1 Å². The van der Waals surface area contributed by atoms with Gasteiger partial charge in [0.05, 0.1) is 13.7 Å². The summed E-state index contributed by atoms with van der Waals surface area (Å²) in [4.78, 5) is 25.1. The predicted molar refractivity (Wildman–Crippen MR) is 88.4 cm³/mol. The van der Waals surface area contributed by atoms with Gasteiger partial charge in [0.15, 0.2) is 0 Å². The van der Waals surface area contributed by atoms with Gasteiger partial charge in [0.25, 0.3) is 0 Å². The maximum atomic E-state index is 12.0. The lowest BCUT2D eigenvalue weighted by Gasteiger charge is -2.26. The number of nitrogens with zero attached hydrogens (tertiary/aromatic N) is 1. The molecular formula is C17H25NO6. The van der Waals surface area contributed by atoms with Gasteiger partial charge in [0.2, 0.25) is 0 Å². The van der Waals surface area contributed by atoms with Crippen molar-refractivity contribution in [3.05, 3.63) is 23.8 Å². The Kier molecular flexibility index (Phi) is 6.88. The van der Waals surface area contributed by atoms with Crippen molar-refractivity contribution in [2.24, 2.45) is 0 Å². The molecular weight excluding hydrogens is 314 g/mol. The Labute approximate surface area is 142 Å². The molecule has 0 radical (unpaired) electrons. The standard InChI is InChI=1S/C17H25NO6/c1-6-18(16(21)24-17(2,3)4)9-10-23-12-7-8-14(19)13(11-12)15(20)22-5/h7-8,11,19H,6,9-10H2,1-5H3. The summed E-state index contributed by atoms with van der Waals surface area (Å²) in [6, 6.07) is 4.28. The number of carbonyl (C=O) groups is 2. The van der Waals surface area contributed by atoms with Crippen LogP contribution in [0.25, 0.3) is 0 Å². The van der Waals surface area contributed by atoms with E-state index >= 15 is 0 Å². The smallest absolute Gasteiger partial charge is 0.410 e. The number of amides is 1. The average Bonchev–Trinajstić information content (AvgIpc) is 2.50. The SMILES string of the molecule is CCN(CCOc1ccc(O)c(C(=O)OC)c1)C(=O)OC(C)(C)C. The summed E-state index contributed by atoms with van der Waals surface area (Å²) in [5, 5.41) is 9.64. The maximum Gasteiger partial charge on any atom is 0.410 e. The fourth-order valence-electron chi connectivity index (χ4n) is 1.86. The largest absolute Gasteiger partial charge is 0.507 e. The molecule has 0 aromatic heterocycles. The van der Waals surface area contributed by atoms with Crippen LogP contribution in [0.1, 0.15) is 38.1 Å². The van der Waals surface area contributed by atoms with Crippen LogP contribution in [0.4, 0.5) is 4.79 Å². The van der Waals surface area contributed by atoms with Crippen LogP contribution in [-0.4, -0.2) is 54.5 Å². The number of hydrogen-bond acceptors (Lipinski definition) is 6. The lowest BCUT2D eigenvalue weighted by molar-refractivity contribution is 0.0237. The first-order valence-corrected chi connectivity index (χ1v) is 7.70. The second kappa shape index (κ2) is 8.42. The molecule has 0 atom stereocenters. The Morgan fingerprint density at radius 2 is 1.92 bits per heavy atom. The molecule has 1 N–H and O–H groups in total. The highest BCUT2D eigenvalue weighted by Crippen LogP contribution is 2.23. The number of aromatic hydroxyl groups is 1. The van der Waals surface area contributed by atoms with Crippen LogP contribution in [0.2, 0.25) is 0 Å². The van der Waals surface area contributed by atoms with Crippen LogP contribution in [0.5, 0.6) is 11.5 Å². The van der Waals surface area contributed by atoms with Gasteiger partial charge in [-0.15, -0.1) is 0 Å². The van der Waals surface area contributed by atoms with Gasteiger partial charge in [-0.25, -0.2) is 9.59 Å². The Morgan fingerprint density at radius 1 is 1.25 bits per heavy atom. The summed E-state index contributed by atoms with van der Waals surface area (Å²) in [6.07, 6.45) is -0.408. The molecule has 0 bridgehead atoms. The number of carbonyl (C=O) groups excluding carboxylic acids is 2. The molecule has 0 fully saturated rings. The van der Waals surface area contributed by atoms with Crippen molar-refractivity contribution in [3.63, 3.8) is 0 Å². The zero-order valence-corrected chi connectivity index (χ0v) is 14.8. The lowest BCUT2D eigenvalue weighted by Crippen LogP contribution is -2.38. The van der Waals surface area contributed by atoms with Crippen LogP contribution in [0.3, 0.4) is 0 Å². The van der Waals surface area contributed by atoms with Crippen LogP contribution in [0, 0.1) is 0 Å². The first-order valence-electron chi connectivity index (χ1n) is 7.70. The van der Waals surface area contributed by atoms with Gasteiger partial charge in [0, 0.05) is 6.54 Å². The molecule has 0 saturated heterocycles. The Morgan fingerprint density at radius 3 is 2.46 bits per heavy atom. The first-order chi connectivity index (χ1) is 11.2. The monoisotopic (exact) mass is 339 g/mol. The van der Waals surface area contributed by atoms with Crippen LogP contribution in [-0.2, 0) is 9.47 Å². The number of rotatable bonds is 6. The van der Waals surface area contributed by atoms with Crippen molar-refractivity contribution in [3.8, 4) is 11.5 Å². The molecule has 1 rings (SSSR count). The molecule has 24 heavy (non-hydrogen) atoms. The van der Waals surface area contributed by atoms with Crippen molar-refractivity contribution in [2.75, 3.05) is 26.8 Å². The highest BCUT2D eigenvalue weighted by atomic mass is 16.6. The third kappa shape index (κ3) is 5.98. The van der Waals surface area contributed by atoms with E-state index in [2.05, 4.69) is 4.74 Å². The minimum Gasteiger partial charge on any atom is -0.507 e. The average molecular weight is 339 g/mol. The second-order valence-corrected chi connectivity index (χ2v) is 6.08. The molecule has 1 aromatic carbocycles. The summed E-state index contributed by atoms with van der Waals surface area (Å²) in [5.74, 6) is -0.437. The zero-order valence-electron chi connectivity index (χ0n) is 14.8. The minimum atomic E-state index is -0.651. The van der Waals surface area contributed by atoms with E-state index in [0.29, 0.717) is 18.8 Å². The van der Waals surface area contributed by atoms with Gasteiger partial charge < -0.3 is 24.2 Å². The number of hydrogen-bond donors (Lipinski definition) is 1. The van der Waals surface area contributed by atoms with Gasteiger partial charge in [-0.2, -0.15) is 0 Å². The molecule has 1 amide bonds. The summed E-state index contributed by atoms with van der Waals surface area (Å²) in [6.45, 7) is 8.31. The van der Waals surface area contributed by atoms with Crippen LogP contribution in [0.15, 0.2) is 18.2 Å². The number of ether oxygens (including phenoxy) is 3. The molecule has 0 aliphatic rings. The fourth-order valence-corrected chi connectivity index (χ4v) is 1.86. The van der Waals surface area contributed by atoms with Crippen molar-refractivity contribution in [1.29, 1.82) is 0 Å². The number of benzene rings is 1. The maximum absolute atomic E-state index is 12.0. The zero-order chi connectivity index (χ0) is 18.3. The number of esters is 1. The molecule has 1 aromatic rings. The molecule has 0 heterocycles. The number of phenols is 1. The van der Waals surface area contributed by atoms with E-state index < -0.39 is 17.7 Å². The van der Waals surface area contributed by atoms with Gasteiger partial charge in [-0.1, -0.05) is 0 Å². The molecule has 7 nitrogen and oxygen atoms in total. The summed E-state index contributed by atoms with van der Waals surface area (Å²) < 4.78 is 15.4. The van der Waals surface area contributed by atoms with E-state index in [9.17, 15) is 14.7 Å². The van der Waals surface area contributed by atoms with E-state index in [-0.39, 0.29) is 17.9 Å². The molecule has 134 valence electrons. The number of phenolic OH excluding ortho intramolecular Hbond substituents is 1. The Balaban J connectivity index is 2.63. The van der Waals surface area contributed by atoms with E-state index in [1.807, 2.05) is 6.92 Å².